The number of hydrogen-bond acceptors (Lipinski definition) is 2. The minimum Gasteiger partial charge on any atom is -0.480 e. The van der Waals surface area contributed by atoms with Crippen LogP contribution in [0.4, 0.5) is 0 Å². The van der Waals surface area contributed by atoms with Gasteiger partial charge in [0.05, 0.1) is 0 Å². The molecule has 1 atom stereocenters. The van der Waals surface area contributed by atoms with Gasteiger partial charge < -0.3 is 10.2 Å². The third-order valence-corrected chi connectivity index (χ3v) is 3.77. The number of aliphatic carboxylic acids is 2. The lowest BCUT2D eigenvalue weighted by Gasteiger charge is -2.06. The fourth-order valence-electron chi connectivity index (χ4n) is 2.46. The van der Waals surface area contributed by atoms with Crippen LogP contribution in [-0.2, 0) is 9.59 Å². The van der Waals surface area contributed by atoms with E-state index in [1.165, 1.54) is 25.7 Å². The van der Waals surface area contributed by atoms with Gasteiger partial charge in [-0.3, -0.25) is 9.59 Å². The second kappa shape index (κ2) is 6.03. The van der Waals surface area contributed by atoms with Crippen molar-refractivity contribution in [2.24, 2.45) is 11.3 Å². The van der Waals surface area contributed by atoms with Crippen LogP contribution < -0.4 is 0 Å². The predicted octanol–water partition coefficient (Wildman–Crippen LogP) is 2.91. The molecule has 0 aromatic carbocycles. The van der Waals surface area contributed by atoms with E-state index in [2.05, 4.69) is 6.92 Å². The zero-order valence-electron chi connectivity index (χ0n) is 10.4. The van der Waals surface area contributed by atoms with Crippen LogP contribution in [0.15, 0.2) is 0 Å². The summed E-state index contributed by atoms with van der Waals surface area (Å²) in [4.78, 5) is 21.9. The summed E-state index contributed by atoms with van der Waals surface area (Å²) in [5, 5.41) is 17.9. The van der Waals surface area contributed by atoms with Crippen LogP contribution in [0.3, 0.4) is 0 Å². The maximum atomic E-state index is 10.9. The van der Waals surface area contributed by atoms with Gasteiger partial charge in [0.2, 0.25) is 0 Å². The molecule has 1 rings (SSSR count). The molecular formula is C13H22O4. The predicted molar refractivity (Wildman–Crippen MR) is 63.8 cm³/mol. The van der Waals surface area contributed by atoms with Gasteiger partial charge in [-0.2, -0.15) is 0 Å². The first-order valence-corrected chi connectivity index (χ1v) is 6.52. The molecule has 0 aromatic rings. The number of rotatable bonds is 9. The Hall–Kier alpha value is -1.06. The van der Waals surface area contributed by atoms with Crippen molar-refractivity contribution in [2.75, 3.05) is 0 Å². The molecule has 2 N–H and O–H groups in total. The lowest BCUT2D eigenvalue weighted by molar-refractivity contribution is -0.157. The monoisotopic (exact) mass is 242 g/mol. The SMILES string of the molecule is CCCCCCCCC1CC1(C(=O)O)C(=O)O. The third kappa shape index (κ3) is 3.20. The van der Waals surface area contributed by atoms with Gasteiger partial charge in [0, 0.05) is 0 Å². The quantitative estimate of drug-likeness (QED) is 0.481. The summed E-state index contributed by atoms with van der Waals surface area (Å²) in [7, 11) is 0. The smallest absolute Gasteiger partial charge is 0.321 e. The molecule has 1 aliphatic carbocycles. The molecule has 0 radical (unpaired) electrons. The van der Waals surface area contributed by atoms with Gasteiger partial charge in [-0.1, -0.05) is 45.4 Å². The highest BCUT2D eigenvalue weighted by molar-refractivity contribution is 6.02. The van der Waals surface area contributed by atoms with Gasteiger partial charge in [-0.25, -0.2) is 0 Å². The van der Waals surface area contributed by atoms with Crippen LogP contribution in [-0.4, -0.2) is 22.2 Å². The Balaban J connectivity index is 2.18. The molecule has 4 heteroatoms. The Labute approximate surface area is 102 Å². The van der Waals surface area contributed by atoms with E-state index in [0.717, 1.165) is 19.3 Å². The summed E-state index contributed by atoms with van der Waals surface area (Å²) < 4.78 is 0. The molecule has 98 valence electrons. The highest BCUT2D eigenvalue weighted by atomic mass is 16.4. The first-order chi connectivity index (χ1) is 8.05. The molecule has 1 fully saturated rings. The topological polar surface area (TPSA) is 74.6 Å². The van der Waals surface area contributed by atoms with Gasteiger partial charge in [-0.05, 0) is 18.8 Å². The van der Waals surface area contributed by atoms with E-state index in [9.17, 15) is 9.59 Å². The first kappa shape index (κ1) is 14.0. The Bertz CT molecular complexity index is 271. The molecule has 0 aliphatic heterocycles. The Morgan fingerprint density at radius 3 is 2.06 bits per heavy atom. The second-order valence-corrected chi connectivity index (χ2v) is 5.04. The van der Waals surface area contributed by atoms with Crippen LogP contribution in [0.1, 0.15) is 58.3 Å². The normalized spacial score (nSPS) is 21.1. The number of hydrogen-bond donors (Lipinski definition) is 2. The Kier molecular flexibility index (Phi) is 4.97. The van der Waals surface area contributed by atoms with Crippen molar-refractivity contribution in [2.45, 2.75) is 58.3 Å². The van der Waals surface area contributed by atoms with E-state index in [1.54, 1.807) is 0 Å². The second-order valence-electron chi connectivity index (χ2n) is 5.04. The van der Waals surface area contributed by atoms with Crippen molar-refractivity contribution in [3.05, 3.63) is 0 Å². The van der Waals surface area contributed by atoms with E-state index >= 15 is 0 Å². The number of carboxylic acids is 2. The molecule has 0 bridgehead atoms. The first-order valence-electron chi connectivity index (χ1n) is 6.52. The standard InChI is InChI=1S/C13H22O4/c1-2-3-4-5-6-7-8-10-9-13(10,11(14)15)12(16)17/h10H,2-9H2,1H3,(H,14,15)(H,16,17). The van der Waals surface area contributed by atoms with Crippen LogP contribution in [0.5, 0.6) is 0 Å². The minimum absolute atomic E-state index is 0.149. The van der Waals surface area contributed by atoms with E-state index in [4.69, 9.17) is 10.2 Å². The minimum atomic E-state index is -1.45. The fraction of sp³-hybridized carbons (Fsp3) is 0.846. The number of carbonyl (C=O) groups is 2. The van der Waals surface area contributed by atoms with E-state index in [0.29, 0.717) is 6.42 Å². The fourth-order valence-corrected chi connectivity index (χ4v) is 2.46. The zero-order valence-corrected chi connectivity index (χ0v) is 10.4. The van der Waals surface area contributed by atoms with Crippen LogP contribution >= 0.6 is 0 Å². The van der Waals surface area contributed by atoms with Crippen LogP contribution in [0.2, 0.25) is 0 Å². The maximum absolute atomic E-state index is 10.9. The highest BCUT2D eigenvalue weighted by Crippen LogP contribution is 2.55. The van der Waals surface area contributed by atoms with Gasteiger partial charge >= 0.3 is 11.9 Å². The molecule has 1 aliphatic rings. The highest BCUT2D eigenvalue weighted by Gasteiger charge is 2.66. The number of unbranched alkanes of at least 4 members (excludes halogenated alkanes) is 5. The van der Waals surface area contributed by atoms with E-state index in [1.807, 2.05) is 0 Å². The van der Waals surface area contributed by atoms with Crippen molar-refractivity contribution in [3.63, 3.8) is 0 Å². The Morgan fingerprint density at radius 2 is 1.59 bits per heavy atom. The summed E-state index contributed by atoms with van der Waals surface area (Å²) in [6.07, 6.45) is 7.96. The van der Waals surface area contributed by atoms with Crippen molar-refractivity contribution in [3.8, 4) is 0 Å². The molecule has 0 aromatic heterocycles. The molecular weight excluding hydrogens is 220 g/mol. The van der Waals surface area contributed by atoms with E-state index in [-0.39, 0.29) is 5.92 Å². The maximum Gasteiger partial charge on any atom is 0.321 e. The van der Waals surface area contributed by atoms with Crippen LogP contribution in [0, 0.1) is 11.3 Å². The van der Waals surface area contributed by atoms with Gasteiger partial charge in [0.15, 0.2) is 5.41 Å². The summed E-state index contributed by atoms with van der Waals surface area (Å²) >= 11 is 0. The molecule has 17 heavy (non-hydrogen) atoms. The zero-order chi connectivity index (χ0) is 12.9. The summed E-state index contributed by atoms with van der Waals surface area (Å²) in [5.41, 5.74) is -1.45. The van der Waals surface area contributed by atoms with Gasteiger partial charge in [0.25, 0.3) is 0 Å². The molecule has 4 nitrogen and oxygen atoms in total. The lowest BCUT2D eigenvalue weighted by Crippen LogP contribution is -2.27. The molecule has 0 heterocycles. The van der Waals surface area contributed by atoms with Gasteiger partial charge in [0.1, 0.15) is 0 Å². The van der Waals surface area contributed by atoms with Gasteiger partial charge in [-0.15, -0.1) is 0 Å². The van der Waals surface area contributed by atoms with E-state index < -0.39 is 17.4 Å². The summed E-state index contributed by atoms with van der Waals surface area (Å²) in [5.74, 6) is -2.48. The lowest BCUT2D eigenvalue weighted by atomic mass is 10.00. The molecule has 0 saturated heterocycles. The largest absolute Gasteiger partial charge is 0.480 e. The van der Waals surface area contributed by atoms with Crippen molar-refractivity contribution < 1.29 is 19.8 Å². The van der Waals surface area contributed by atoms with Crippen molar-refractivity contribution in [1.29, 1.82) is 0 Å². The van der Waals surface area contributed by atoms with Crippen molar-refractivity contribution in [1.82, 2.24) is 0 Å². The summed E-state index contributed by atoms with van der Waals surface area (Å²) in [6, 6.07) is 0. The molecule has 0 spiro atoms. The Morgan fingerprint density at radius 1 is 1.06 bits per heavy atom. The number of carboxylic acid groups (broad SMARTS) is 2. The summed E-state index contributed by atoms with van der Waals surface area (Å²) in [6.45, 7) is 2.16. The average Bonchev–Trinajstić information content (AvgIpc) is 2.99. The third-order valence-electron chi connectivity index (χ3n) is 3.77. The van der Waals surface area contributed by atoms with Crippen LogP contribution in [0.25, 0.3) is 0 Å². The molecule has 1 unspecified atom stereocenters. The molecule has 1 saturated carbocycles. The average molecular weight is 242 g/mol. The molecule has 0 amide bonds. The van der Waals surface area contributed by atoms with Crippen molar-refractivity contribution >= 4 is 11.9 Å².